The highest BCUT2D eigenvalue weighted by molar-refractivity contribution is 6.34. The van der Waals surface area contributed by atoms with Gasteiger partial charge in [-0.1, -0.05) is 11.6 Å². The lowest BCUT2D eigenvalue weighted by Crippen LogP contribution is -2.18. The molecule has 19 heavy (non-hydrogen) atoms. The molecule has 1 rings (SSSR count). The summed E-state index contributed by atoms with van der Waals surface area (Å²) in [6, 6.07) is 3.31. The highest BCUT2D eigenvalue weighted by Gasteiger charge is 2.27. The van der Waals surface area contributed by atoms with E-state index in [0.717, 1.165) is 11.1 Å². The molecule has 1 aromatic rings. The number of ether oxygens (including phenoxy) is 1. The highest BCUT2D eigenvalue weighted by atomic mass is 35.5. The van der Waals surface area contributed by atoms with Gasteiger partial charge in [0.2, 0.25) is 0 Å². The molecule has 0 aliphatic rings. The largest absolute Gasteiger partial charge is 0.411 e. The number of benzene rings is 1. The molecule has 2 nitrogen and oxygen atoms in total. The zero-order valence-electron chi connectivity index (χ0n) is 10.6. The Hall–Kier alpha value is -1.07. The zero-order chi connectivity index (χ0) is 14.6. The van der Waals surface area contributed by atoms with Gasteiger partial charge < -0.3 is 4.74 Å². The number of ketones is 1. The fourth-order valence-corrected chi connectivity index (χ4v) is 1.81. The molecule has 0 aliphatic heterocycles. The van der Waals surface area contributed by atoms with E-state index in [2.05, 4.69) is 4.74 Å². The van der Waals surface area contributed by atoms with E-state index in [0.29, 0.717) is 10.6 Å². The summed E-state index contributed by atoms with van der Waals surface area (Å²) in [6.45, 7) is 2.08. The van der Waals surface area contributed by atoms with Crippen molar-refractivity contribution in [3.63, 3.8) is 0 Å². The van der Waals surface area contributed by atoms with Crippen molar-refractivity contribution in [3.05, 3.63) is 33.8 Å². The smallest absolute Gasteiger partial charge is 0.372 e. The summed E-state index contributed by atoms with van der Waals surface area (Å²) < 4.78 is 39.9. The zero-order valence-corrected chi connectivity index (χ0v) is 11.4. The Labute approximate surface area is 114 Å². The fraction of sp³-hybridized carbons (Fsp3) is 0.462. The number of carbonyl (C=O) groups is 1. The van der Waals surface area contributed by atoms with Crippen molar-refractivity contribution in [2.24, 2.45) is 0 Å². The maximum absolute atomic E-state index is 11.8. The number of halogens is 4. The molecule has 0 bridgehead atoms. The maximum atomic E-state index is 11.8. The van der Waals surface area contributed by atoms with Gasteiger partial charge in [-0.3, -0.25) is 4.79 Å². The summed E-state index contributed by atoms with van der Waals surface area (Å²) >= 11 is 5.94. The predicted molar refractivity (Wildman–Crippen MR) is 66.7 cm³/mol. The van der Waals surface area contributed by atoms with Crippen LogP contribution in [0.1, 0.15) is 27.9 Å². The van der Waals surface area contributed by atoms with Gasteiger partial charge in [0.25, 0.3) is 0 Å². The van der Waals surface area contributed by atoms with Gasteiger partial charge in [0.15, 0.2) is 5.78 Å². The number of rotatable bonds is 5. The Bertz CT molecular complexity index is 470. The Morgan fingerprint density at radius 3 is 2.42 bits per heavy atom. The van der Waals surface area contributed by atoms with Gasteiger partial charge in [0.1, 0.15) is 6.61 Å². The second-order valence-corrected chi connectivity index (χ2v) is 4.66. The maximum Gasteiger partial charge on any atom is 0.411 e. The van der Waals surface area contributed by atoms with Gasteiger partial charge in [0.05, 0.1) is 11.6 Å². The van der Waals surface area contributed by atoms with E-state index in [-0.39, 0.29) is 18.8 Å². The Kier molecular flexibility index (Phi) is 5.38. The fourth-order valence-electron chi connectivity index (χ4n) is 1.48. The van der Waals surface area contributed by atoms with E-state index in [1.165, 1.54) is 0 Å². The number of Topliss-reactive ketones (excluding diaryl/α,β-unsaturated/α-hetero) is 1. The molecule has 0 heterocycles. The van der Waals surface area contributed by atoms with Crippen molar-refractivity contribution >= 4 is 17.4 Å². The van der Waals surface area contributed by atoms with Gasteiger partial charge in [-0.2, -0.15) is 13.2 Å². The minimum atomic E-state index is -4.37. The van der Waals surface area contributed by atoms with Crippen molar-refractivity contribution in [1.29, 1.82) is 0 Å². The molecule has 106 valence electrons. The van der Waals surface area contributed by atoms with Crippen LogP contribution in [0.3, 0.4) is 0 Å². The number of alkyl halides is 3. The van der Waals surface area contributed by atoms with Crippen molar-refractivity contribution in [2.45, 2.75) is 26.4 Å². The molecule has 0 saturated heterocycles. The lowest BCUT2D eigenvalue weighted by Gasteiger charge is -2.09. The third-order valence-electron chi connectivity index (χ3n) is 2.62. The van der Waals surface area contributed by atoms with Crippen LogP contribution in [0.2, 0.25) is 5.02 Å². The number of hydrogen-bond donors (Lipinski definition) is 0. The summed E-state index contributed by atoms with van der Waals surface area (Å²) in [5, 5.41) is 0.309. The van der Waals surface area contributed by atoms with Gasteiger partial charge in [0, 0.05) is 12.0 Å². The Balaban J connectivity index is 2.57. The minimum Gasteiger partial charge on any atom is -0.372 e. The predicted octanol–water partition coefficient (Wildman–Crippen LogP) is 4.11. The van der Waals surface area contributed by atoms with Crippen LogP contribution in [0.4, 0.5) is 13.2 Å². The van der Waals surface area contributed by atoms with Crippen LogP contribution in [0, 0.1) is 13.8 Å². The summed E-state index contributed by atoms with van der Waals surface area (Å²) in [4.78, 5) is 11.8. The molecule has 0 fully saturated rings. The van der Waals surface area contributed by atoms with Gasteiger partial charge >= 0.3 is 6.18 Å². The van der Waals surface area contributed by atoms with E-state index in [1.54, 1.807) is 12.1 Å². The average Bonchev–Trinajstić information content (AvgIpc) is 2.28. The van der Waals surface area contributed by atoms with Crippen LogP contribution in [0.25, 0.3) is 0 Å². The average molecular weight is 295 g/mol. The first-order chi connectivity index (χ1) is 8.70. The molecule has 0 N–H and O–H groups in total. The third-order valence-corrected chi connectivity index (χ3v) is 2.94. The molecule has 1 aromatic carbocycles. The van der Waals surface area contributed by atoms with Crippen LogP contribution in [0.15, 0.2) is 12.1 Å². The standard InChI is InChI=1S/C13H14ClF3O2/c1-8-5-10(11(14)6-9(8)2)12(18)3-4-19-7-13(15,16)17/h5-6H,3-4,7H2,1-2H3. The molecular weight excluding hydrogens is 281 g/mol. The molecule has 0 aromatic heterocycles. The number of aryl methyl sites for hydroxylation is 2. The lowest BCUT2D eigenvalue weighted by atomic mass is 10.0. The van der Waals surface area contributed by atoms with E-state index in [4.69, 9.17) is 11.6 Å². The normalized spacial score (nSPS) is 11.7. The van der Waals surface area contributed by atoms with Crippen LogP contribution < -0.4 is 0 Å². The van der Waals surface area contributed by atoms with Crippen molar-refractivity contribution in [1.82, 2.24) is 0 Å². The molecule has 0 unspecified atom stereocenters. The third kappa shape index (κ3) is 5.20. The summed E-state index contributed by atoms with van der Waals surface area (Å²) in [7, 11) is 0. The van der Waals surface area contributed by atoms with Crippen LogP contribution in [0.5, 0.6) is 0 Å². The molecule has 0 saturated carbocycles. The van der Waals surface area contributed by atoms with Crippen LogP contribution in [-0.4, -0.2) is 25.2 Å². The number of carbonyl (C=O) groups excluding carboxylic acids is 1. The summed E-state index contributed by atoms with van der Waals surface area (Å²) in [5.74, 6) is -0.324. The second-order valence-electron chi connectivity index (χ2n) is 4.26. The Morgan fingerprint density at radius 2 is 1.84 bits per heavy atom. The van der Waals surface area contributed by atoms with Crippen molar-refractivity contribution in [2.75, 3.05) is 13.2 Å². The van der Waals surface area contributed by atoms with Gasteiger partial charge in [-0.15, -0.1) is 0 Å². The second kappa shape index (κ2) is 6.39. The first-order valence-electron chi connectivity index (χ1n) is 5.65. The first-order valence-corrected chi connectivity index (χ1v) is 6.03. The van der Waals surface area contributed by atoms with Gasteiger partial charge in [-0.05, 0) is 37.1 Å². The van der Waals surface area contributed by atoms with E-state index in [9.17, 15) is 18.0 Å². The van der Waals surface area contributed by atoms with Crippen LogP contribution in [-0.2, 0) is 4.74 Å². The molecule has 0 atom stereocenters. The lowest BCUT2D eigenvalue weighted by molar-refractivity contribution is -0.173. The van der Waals surface area contributed by atoms with E-state index >= 15 is 0 Å². The molecule has 0 radical (unpaired) electrons. The molecule has 6 heteroatoms. The first kappa shape index (κ1) is 16.0. The van der Waals surface area contributed by atoms with Gasteiger partial charge in [-0.25, -0.2) is 0 Å². The molecular formula is C13H14ClF3O2. The number of hydrogen-bond acceptors (Lipinski definition) is 2. The SMILES string of the molecule is Cc1cc(Cl)c(C(=O)CCOCC(F)(F)F)cc1C. The summed E-state index contributed by atoms with van der Waals surface area (Å²) in [6.07, 6.45) is -4.50. The highest BCUT2D eigenvalue weighted by Crippen LogP contribution is 2.22. The monoisotopic (exact) mass is 294 g/mol. The minimum absolute atomic E-state index is 0.127. The Morgan fingerprint density at radius 1 is 1.26 bits per heavy atom. The molecule has 0 aliphatic carbocycles. The van der Waals surface area contributed by atoms with Crippen molar-refractivity contribution < 1.29 is 22.7 Å². The molecule has 0 spiro atoms. The quantitative estimate of drug-likeness (QED) is 0.603. The van der Waals surface area contributed by atoms with Crippen molar-refractivity contribution in [3.8, 4) is 0 Å². The summed E-state index contributed by atoms with van der Waals surface area (Å²) in [5.41, 5.74) is 2.18. The topological polar surface area (TPSA) is 26.3 Å². The van der Waals surface area contributed by atoms with E-state index < -0.39 is 12.8 Å². The van der Waals surface area contributed by atoms with E-state index in [1.807, 2.05) is 13.8 Å². The molecule has 0 amide bonds. The van der Waals surface area contributed by atoms with Crippen LogP contribution >= 0.6 is 11.6 Å².